The Bertz CT molecular complexity index is 1730. The molecule has 0 aliphatic carbocycles. The van der Waals surface area contributed by atoms with Crippen molar-refractivity contribution in [2.45, 2.75) is 242 Å². The Morgan fingerprint density at radius 2 is 0.908 bits per heavy atom. The van der Waals surface area contributed by atoms with Gasteiger partial charge in [0.15, 0.2) is 12.6 Å². The Balaban J connectivity index is 1.57. The first kappa shape index (κ1) is 68.5. The zero-order chi connectivity index (χ0) is 55.3. The second kappa shape index (κ2) is 46.3. The fourth-order valence-electron chi connectivity index (χ4n) is 8.52. The molecule has 14 heteroatoms. The van der Waals surface area contributed by atoms with Gasteiger partial charge in [-0.25, -0.2) is 0 Å². The number of unbranched alkanes of at least 4 members (excludes halogenated alkanes) is 12. The first-order chi connectivity index (χ1) is 37.1. The van der Waals surface area contributed by atoms with E-state index in [9.17, 15) is 45.6 Å². The van der Waals surface area contributed by atoms with Gasteiger partial charge < -0.3 is 65.1 Å². The average Bonchev–Trinajstić information content (AvgIpc) is 3.42. The predicted molar refractivity (Wildman–Crippen MR) is 304 cm³/mol. The van der Waals surface area contributed by atoms with Crippen LogP contribution in [0.2, 0.25) is 0 Å². The van der Waals surface area contributed by atoms with Gasteiger partial charge in [0.2, 0.25) is 5.91 Å². The van der Waals surface area contributed by atoms with Gasteiger partial charge in [-0.05, 0) is 89.9 Å². The van der Waals surface area contributed by atoms with Gasteiger partial charge in [-0.3, -0.25) is 4.79 Å². The van der Waals surface area contributed by atoms with Gasteiger partial charge in [0, 0.05) is 6.42 Å². The lowest BCUT2D eigenvalue weighted by molar-refractivity contribution is -0.359. The molecule has 12 unspecified atom stereocenters. The molecule has 2 rings (SSSR count). The lowest BCUT2D eigenvalue weighted by Crippen LogP contribution is -2.65. The van der Waals surface area contributed by atoms with Crippen LogP contribution in [0.5, 0.6) is 0 Å². The molecule has 2 aliphatic rings. The summed E-state index contributed by atoms with van der Waals surface area (Å²) in [5.41, 5.74) is 0. The van der Waals surface area contributed by atoms with Gasteiger partial charge in [0.25, 0.3) is 0 Å². The molecule has 0 radical (unpaired) electrons. The van der Waals surface area contributed by atoms with Crippen molar-refractivity contribution in [3.05, 3.63) is 122 Å². The average molecular weight is 1070 g/mol. The summed E-state index contributed by atoms with van der Waals surface area (Å²) in [7, 11) is 0. The molecule has 432 valence electrons. The van der Waals surface area contributed by atoms with E-state index in [0.29, 0.717) is 6.42 Å². The summed E-state index contributed by atoms with van der Waals surface area (Å²) >= 11 is 0. The van der Waals surface area contributed by atoms with Crippen molar-refractivity contribution >= 4 is 5.91 Å². The number of carbonyl (C=O) groups excluding carboxylic acids is 1. The van der Waals surface area contributed by atoms with Gasteiger partial charge in [-0.15, -0.1) is 0 Å². The summed E-state index contributed by atoms with van der Waals surface area (Å²) in [5, 5.41) is 86.3. The fourth-order valence-corrected chi connectivity index (χ4v) is 8.52. The zero-order valence-corrected chi connectivity index (χ0v) is 46.2. The van der Waals surface area contributed by atoms with Crippen LogP contribution in [0.1, 0.15) is 168 Å². The Morgan fingerprint density at radius 1 is 0.487 bits per heavy atom. The lowest BCUT2D eigenvalue weighted by atomic mass is 9.97. The van der Waals surface area contributed by atoms with E-state index in [1.54, 1.807) is 6.08 Å². The van der Waals surface area contributed by atoms with Crippen molar-refractivity contribution < 1.29 is 64.6 Å². The molecule has 12 atom stereocenters. The second-order valence-corrected chi connectivity index (χ2v) is 19.7. The molecule has 2 heterocycles. The third-order valence-electron chi connectivity index (χ3n) is 13.2. The third kappa shape index (κ3) is 31.7. The Morgan fingerprint density at radius 3 is 1.39 bits per heavy atom. The molecule has 0 saturated carbocycles. The molecular weight excluding hydrogens is 967 g/mol. The largest absolute Gasteiger partial charge is 0.394 e. The first-order valence-electron chi connectivity index (χ1n) is 28.8. The standard InChI is InChI=1S/C62H101NO13/c1-3-5-7-9-10-11-12-13-14-15-16-17-18-19-20-21-22-23-24-25-26-27-28-29-30-31-32-33-34-35-36-37-38-39-40-42-44-46-54(67)63-50(51(66)45-43-41-8-6-4-2)49-73-61-59(72)57(70)60(53(48-65)75-61)76-62-58(71)56(69)55(68)52(47-64)74-62/h5,7,10-11,13-14,16-17,19-20,22-23,25-26,28-29,31-32,43,45,50-53,55-62,64-66,68-72H,3-4,6,8-9,12,15,18,21,24,27,30,33-42,44,46-49H2,1-2H3,(H,63,67)/b7-5-,11-10-,14-13-,17-16-,20-19-,23-22-,26-25-,29-28-,32-31-,45-43+. The molecule has 0 aromatic carbocycles. The minimum absolute atomic E-state index is 0.260. The molecule has 14 nitrogen and oxygen atoms in total. The highest BCUT2D eigenvalue weighted by molar-refractivity contribution is 5.76. The maximum atomic E-state index is 13.1. The fraction of sp³-hybridized carbons (Fsp3) is 0.661. The van der Waals surface area contributed by atoms with Crippen LogP contribution in [-0.4, -0.2) is 140 Å². The van der Waals surface area contributed by atoms with Crippen LogP contribution in [0.25, 0.3) is 0 Å². The van der Waals surface area contributed by atoms with Crippen molar-refractivity contribution in [1.29, 1.82) is 0 Å². The van der Waals surface area contributed by atoms with E-state index in [0.717, 1.165) is 109 Å². The number of aliphatic hydroxyl groups is 8. The highest BCUT2D eigenvalue weighted by Crippen LogP contribution is 2.30. The summed E-state index contributed by atoms with van der Waals surface area (Å²) in [6.07, 6.45) is 50.4. The summed E-state index contributed by atoms with van der Waals surface area (Å²) in [5.74, 6) is -0.260. The van der Waals surface area contributed by atoms with E-state index in [-0.39, 0.29) is 18.9 Å². The number of ether oxygens (including phenoxy) is 4. The molecule has 2 fully saturated rings. The number of aliphatic hydroxyl groups excluding tert-OH is 8. The van der Waals surface area contributed by atoms with Gasteiger partial charge in [-0.1, -0.05) is 193 Å². The normalized spacial score (nSPS) is 25.8. The van der Waals surface area contributed by atoms with Crippen LogP contribution in [0.4, 0.5) is 0 Å². The molecule has 0 spiro atoms. The van der Waals surface area contributed by atoms with E-state index in [1.807, 2.05) is 6.08 Å². The topological polar surface area (TPSA) is 228 Å². The quantitative estimate of drug-likeness (QED) is 0.0205. The van der Waals surface area contributed by atoms with Crippen LogP contribution >= 0.6 is 0 Å². The van der Waals surface area contributed by atoms with Crippen LogP contribution in [0, 0.1) is 0 Å². The number of amides is 1. The number of hydrogen-bond donors (Lipinski definition) is 9. The van der Waals surface area contributed by atoms with Crippen molar-refractivity contribution in [1.82, 2.24) is 5.32 Å². The monoisotopic (exact) mass is 1070 g/mol. The molecular formula is C62H101NO13. The van der Waals surface area contributed by atoms with Gasteiger partial charge in [0.1, 0.15) is 48.8 Å². The summed E-state index contributed by atoms with van der Waals surface area (Å²) in [6.45, 7) is 2.52. The van der Waals surface area contributed by atoms with Crippen LogP contribution in [0.15, 0.2) is 122 Å². The summed E-state index contributed by atoms with van der Waals surface area (Å²) in [6, 6.07) is -0.922. The molecule has 0 aromatic heterocycles. The maximum Gasteiger partial charge on any atom is 0.220 e. The number of allylic oxidation sites excluding steroid dienone is 19. The van der Waals surface area contributed by atoms with Gasteiger partial charge >= 0.3 is 0 Å². The smallest absolute Gasteiger partial charge is 0.220 e. The zero-order valence-electron chi connectivity index (χ0n) is 46.2. The van der Waals surface area contributed by atoms with E-state index in [4.69, 9.17) is 18.9 Å². The van der Waals surface area contributed by atoms with Gasteiger partial charge in [-0.2, -0.15) is 0 Å². The molecule has 9 N–H and O–H groups in total. The van der Waals surface area contributed by atoms with Crippen molar-refractivity contribution in [3.63, 3.8) is 0 Å². The molecule has 2 saturated heterocycles. The number of nitrogens with one attached hydrogen (secondary N) is 1. The van der Waals surface area contributed by atoms with E-state index >= 15 is 0 Å². The Hall–Kier alpha value is -3.61. The molecule has 0 aromatic rings. The van der Waals surface area contributed by atoms with E-state index in [1.165, 1.54) is 32.1 Å². The molecule has 0 bridgehead atoms. The predicted octanol–water partition coefficient (Wildman–Crippen LogP) is 9.44. The van der Waals surface area contributed by atoms with Crippen molar-refractivity contribution in [2.24, 2.45) is 0 Å². The summed E-state index contributed by atoms with van der Waals surface area (Å²) in [4.78, 5) is 13.1. The van der Waals surface area contributed by atoms with E-state index in [2.05, 4.69) is 129 Å². The summed E-state index contributed by atoms with van der Waals surface area (Å²) < 4.78 is 22.6. The second-order valence-electron chi connectivity index (χ2n) is 19.7. The lowest BCUT2D eigenvalue weighted by Gasteiger charge is -2.46. The minimum Gasteiger partial charge on any atom is -0.394 e. The maximum absolute atomic E-state index is 13.1. The first-order valence-corrected chi connectivity index (χ1v) is 28.8. The number of rotatable bonds is 43. The highest BCUT2D eigenvalue weighted by Gasteiger charge is 2.51. The Labute approximate surface area is 457 Å². The van der Waals surface area contributed by atoms with Gasteiger partial charge in [0.05, 0.1) is 32.0 Å². The number of hydrogen-bond acceptors (Lipinski definition) is 13. The van der Waals surface area contributed by atoms with Crippen molar-refractivity contribution in [3.8, 4) is 0 Å². The molecule has 76 heavy (non-hydrogen) atoms. The van der Waals surface area contributed by atoms with E-state index < -0.39 is 86.8 Å². The third-order valence-corrected chi connectivity index (χ3v) is 13.2. The van der Waals surface area contributed by atoms with Crippen LogP contribution in [-0.2, 0) is 23.7 Å². The van der Waals surface area contributed by atoms with Crippen LogP contribution in [0.3, 0.4) is 0 Å². The molecule has 2 aliphatic heterocycles. The van der Waals surface area contributed by atoms with Crippen molar-refractivity contribution in [2.75, 3.05) is 19.8 Å². The SMILES string of the molecule is CC/C=C\C/C=C\C/C=C\C/C=C\C/C=C\C/C=C\C/C=C\C/C=C\C/C=C\CCCCCCCCCCCC(=O)NC(COC1OC(CO)C(OC2OC(CO)C(O)C(O)C2O)C(O)C1O)C(O)/C=C/CCCCC. The van der Waals surface area contributed by atoms with Crippen LogP contribution < -0.4 is 5.32 Å². The number of carbonyl (C=O) groups is 1. The highest BCUT2D eigenvalue weighted by atomic mass is 16.7. The minimum atomic E-state index is -1.79. The molecule has 1 amide bonds. The Kier molecular flexibility index (Phi) is 41.7.